The number of benzene rings is 1. The maximum atomic E-state index is 12.6. The van der Waals surface area contributed by atoms with E-state index in [1.54, 1.807) is 0 Å². The summed E-state index contributed by atoms with van der Waals surface area (Å²) in [4.78, 5) is 12.6. The molecule has 0 radical (unpaired) electrons. The van der Waals surface area contributed by atoms with E-state index in [1.807, 2.05) is 12.1 Å². The average Bonchev–Trinajstić information content (AvgIpc) is 2.53. The van der Waals surface area contributed by atoms with Crippen molar-refractivity contribution in [2.45, 2.75) is 44.9 Å². The lowest BCUT2D eigenvalue weighted by Gasteiger charge is -2.30. The predicted octanol–water partition coefficient (Wildman–Crippen LogP) is 3.53. The molecule has 1 saturated carbocycles. The van der Waals surface area contributed by atoms with Crippen LogP contribution >= 0.6 is 0 Å². The maximum Gasteiger partial charge on any atom is 0.227 e. The molecule has 0 aromatic heterocycles. The molecule has 21 heavy (non-hydrogen) atoms. The first-order valence-corrected chi connectivity index (χ1v) is 8.36. The molecular weight excluding hydrogens is 260 g/mol. The Balaban J connectivity index is 1.61. The number of fused-ring (bicyclic) bond motifs is 1. The largest absolute Gasteiger partial charge is 0.385 e. The zero-order chi connectivity index (χ0) is 14.7. The second kappa shape index (κ2) is 6.50. The van der Waals surface area contributed by atoms with Gasteiger partial charge in [-0.1, -0.05) is 44.4 Å². The summed E-state index contributed by atoms with van der Waals surface area (Å²) in [6.07, 6.45) is 6.15. The highest BCUT2D eigenvalue weighted by Gasteiger charge is 2.27. The third-order valence-corrected chi connectivity index (χ3v) is 5.23. The van der Waals surface area contributed by atoms with Gasteiger partial charge >= 0.3 is 0 Å². The molecule has 1 aliphatic carbocycles. The van der Waals surface area contributed by atoms with Crippen molar-refractivity contribution in [2.75, 3.05) is 18.4 Å². The Morgan fingerprint density at radius 1 is 1.24 bits per heavy atom. The van der Waals surface area contributed by atoms with Gasteiger partial charge in [-0.05, 0) is 36.3 Å². The van der Waals surface area contributed by atoms with E-state index in [1.165, 1.54) is 25.7 Å². The molecule has 1 fully saturated rings. The first-order chi connectivity index (χ1) is 10.3. The fourth-order valence-electron chi connectivity index (χ4n) is 3.79. The van der Waals surface area contributed by atoms with E-state index < -0.39 is 0 Å². The Hall–Kier alpha value is -1.51. The molecule has 3 heteroatoms. The lowest BCUT2D eigenvalue weighted by atomic mass is 9.80. The zero-order valence-electron chi connectivity index (χ0n) is 12.9. The van der Waals surface area contributed by atoms with E-state index in [0.29, 0.717) is 5.92 Å². The van der Waals surface area contributed by atoms with Crippen LogP contribution in [0.4, 0.5) is 5.69 Å². The van der Waals surface area contributed by atoms with Crippen LogP contribution in [-0.4, -0.2) is 19.0 Å². The molecule has 2 N–H and O–H groups in total. The number of nitrogens with one attached hydrogen (secondary N) is 2. The van der Waals surface area contributed by atoms with Crippen molar-refractivity contribution in [2.24, 2.45) is 11.8 Å². The first kappa shape index (κ1) is 14.4. The molecule has 0 spiro atoms. The van der Waals surface area contributed by atoms with Gasteiger partial charge in [0.1, 0.15) is 0 Å². The minimum absolute atomic E-state index is 0.0151. The fourth-order valence-corrected chi connectivity index (χ4v) is 3.79. The Kier molecular flexibility index (Phi) is 4.47. The maximum absolute atomic E-state index is 12.6. The molecule has 3 unspecified atom stereocenters. The predicted molar refractivity (Wildman–Crippen MR) is 86.4 cm³/mol. The van der Waals surface area contributed by atoms with Crippen LogP contribution in [-0.2, 0) is 4.79 Å². The summed E-state index contributed by atoms with van der Waals surface area (Å²) in [6.45, 7) is 4.07. The van der Waals surface area contributed by atoms with Crippen molar-refractivity contribution in [1.82, 2.24) is 5.32 Å². The van der Waals surface area contributed by atoms with Gasteiger partial charge in [-0.3, -0.25) is 4.79 Å². The number of rotatable bonds is 3. The van der Waals surface area contributed by atoms with Crippen LogP contribution in [0.15, 0.2) is 24.3 Å². The van der Waals surface area contributed by atoms with Gasteiger partial charge in [0.05, 0.1) is 5.92 Å². The molecule has 1 heterocycles. The van der Waals surface area contributed by atoms with Crippen LogP contribution in [0.25, 0.3) is 0 Å². The molecule has 1 aliphatic heterocycles. The van der Waals surface area contributed by atoms with Gasteiger partial charge in [0.15, 0.2) is 0 Å². The SMILES string of the molecule is CC1CCCCC1CNC(=O)C1CCNc2ccccc21. The molecule has 3 rings (SSSR count). The summed E-state index contributed by atoms with van der Waals surface area (Å²) in [7, 11) is 0. The zero-order valence-corrected chi connectivity index (χ0v) is 12.9. The van der Waals surface area contributed by atoms with Gasteiger partial charge in [0, 0.05) is 18.8 Å². The van der Waals surface area contributed by atoms with E-state index in [9.17, 15) is 4.79 Å². The summed E-state index contributed by atoms with van der Waals surface area (Å²) in [5.74, 6) is 1.64. The molecule has 3 atom stereocenters. The van der Waals surface area contributed by atoms with Crippen molar-refractivity contribution in [1.29, 1.82) is 0 Å². The van der Waals surface area contributed by atoms with Gasteiger partial charge in [-0.2, -0.15) is 0 Å². The van der Waals surface area contributed by atoms with Crippen molar-refractivity contribution < 1.29 is 4.79 Å². The number of hydrogen-bond donors (Lipinski definition) is 2. The van der Waals surface area contributed by atoms with E-state index in [4.69, 9.17) is 0 Å². The van der Waals surface area contributed by atoms with E-state index in [0.717, 1.165) is 36.7 Å². The first-order valence-electron chi connectivity index (χ1n) is 8.36. The molecular formula is C18H26N2O. The monoisotopic (exact) mass is 286 g/mol. The van der Waals surface area contributed by atoms with Crippen LogP contribution in [0.1, 0.15) is 50.5 Å². The van der Waals surface area contributed by atoms with E-state index in [-0.39, 0.29) is 11.8 Å². The van der Waals surface area contributed by atoms with Gasteiger partial charge < -0.3 is 10.6 Å². The van der Waals surface area contributed by atoms with Crippen molar-refractivity contribution in [3.05, 3.63) is 29.8 Å². The lowest BCUT2D eigenvalue weighted by molar-refractivity contribution is -0.123. The number of hydrogen-bond acceptors (Lipinski definition) is 2. The summed E-state index contributed by atoms with van der Waals surface area (Å²) < 4.78 is 0. The Bertz CT molecular complexity index is 500. The molecule has 1 aromatic carbocycles. The molecule has 0 saturated heterocycles. The third-order valence-electron chi connectivity index (χ3n) is 5.23. The van der Waals surface area contributed by atoms with Crippen molar-refractivity contribution >= 4 is 11.6 Å². The highest BCUT2D eigenvalue weighted by molar-refractivity contribution is 5.86. The van der Waals surface area contributed by atoms with E-state index in [2.05, 4.69) is 29.7 Å². The molecule has 114 valence electrons. The normalized spacial score (nSPS) is 28.3. The van der Waals surface area contributed by atoms with Gasteiger partial charge in [0.2, 0.25) is 5.91 Å². The van der Waals surface area contributed by atoms with Gasteiger partial charge in [0.25, 0.3) is 0 Å². The number of carbonyl (C=O) groups is 1. The van der Waals surface area contributed by atoms with Crippen LogP contribution in [0.2, 0.25) is 0 Å². The molecule has 3 nitrogen and oxygen atoms in total. The van der Waals surface area contributed by atoms with E-state index >= 15 is 0 Å². The third kappa shape index (κ3) is 3.22. The Morgan fingerprint density at radius 3 is 2.90 bits per heavy atom. The summed E-state index contributed by atoms with van der Waals surface area (Å²) in [6, 6.07) is 8.19. The lowest BCUT2D eigenvalue weighted by Crippen LogP contribution is -2.37. The highest BCUT2D eigenvalue weighted by Crippen LogP contribution is 2.32. The molecule has 0 bridgehead atoms. The molecule has 2 aliphatic rings. The van der Waals surface area contributed by atoms with Crippen LogP contribution < -0.4 is 10.6 Å². The highest BCUT2D eigenvalue weighted by atomic mass is 16.1. The van der Waals surface area contributed by atoms with Gasteiger partial charge in [-0.15, -0.1) is 0 Å². The Morgan fingerprint density at radius 2 is 2.05 bits per heavy atom. The van der Waals surface area contributed by atoms with Crippen LogP contribution in [0.3, 0.4) is 0 Å². The number of anilines is 1. The summed E-state index contributed by atoms with van der Waals surface area (Å²) in [5, 5.41) is 6.61. The molecule has 1 amide bonds. The van der Waals surface area contributed by atoms with Gasteiger partial charge in [-0.25, -0.2) is 0 Å². The Labute approximate surface area is 127 Å². The quantitative estimate of drug-likeness (QED) is 0.892. The summed E-state index contributed by atoms with van der Waals surface area (Å²) >= 11 is 0. The number of amides is 1. The van der Waals surface area contributed by atoms with Crippen LogP contribution in [0, 0.1) is 11.8 Å². The smallest absolute Gasteiger partial charge is 0.227 e. The topological polar surface area (TPSA) is 41.1 Å². The van der Waals surface area contributed by atoms with Crippen molar-refractivity contribution in [3.8, 4) is 0 Å². The van der Waals surface area contributed by atoms with Crippen molar-refractivity contribution in [3.63, 3.8) is 0 Å². The average molecular weight is 286 g/mol. The minimum Gasteiger partial charge on any atom is -0.385 e. The standard InChI is InChI=1S/C18H26N2O/c1-13-6-2-3-7-14(13)12-20-18(21)16-10-11-19-17-9-5-4-8-15(16)17/h4-5,8-9,13-14,16,19H,2-3,6-7,10-12H2,1H3,(H,20,21). The number of para-hydroxylation sites is 1. The fraction of sp³-hybridized carbons (Fsp3) is 0.611. The van der Waals surface area contributed by atoms with Crippen LogP contribution in [0.5, 0.6) is 0 Å². The summed E-state index contributed by atoms with van der Waals surface area (Å²) in [5.41, 5.74) is 2.27. The minimum atomic E-state index is 0.0151. The molecule has 1 aromatic rings. The second-order valence-electron chi connectivity index (χ2n) is 6.62. The number of carbonyl (C=O) groups excluding carboxylic acids is 1. The second-order valence-corrected chi connectivity index (χ2v) is 6.62.